The third kappa shape index (κ3) is 2.05. The Bertz CT molecular complexity index is 526. The van der Waals surface area contributed by atoms with Gasteiger partial charge >= 0.3 is 0 Å². The zero-order chi connectivity index (χ0) is 11.8. The molecular formula is C13H16ClN3. The molecule has 1 N–H and O–H groups in total. The Hall–Kier alpha value is -1.06. The Morgan fingerprint density at radius 1 is 1.35 bits per heavy atom. The summed E-state index contributed by atoms with van der Waals surface area (Å²) in [5.41, 5.74) is 3.31. The fourth-order valence-corrected chi connectivity index (χ4v) is 2.92. The van der Waals surface area contributed by atoms with Crippen molar-refractivity contribution in [2.24, 2.45) is 0 Å². The molecule has 2 aromatic rings. The molecule has 1 aromatic carbocycles. The van der Waals surface area contributed by atoms with Gasteiger partial charge in [-0.05, 0) is 56.6 Å². The molecule has 1 aromatic heterocycles. The van der Waals surface area contributed by atoms with Crippen molar-refractivity contribution in [2.45, 2.75) is 18.8 Å². The molecule has 17 heavy (non-hydrogen) atoms. The summed E-state index contributed by atoms with van der Waals surface area (Å²) in [5.74, 6) is 0.589. The molecular weight excluding hydrogens is 234 g/mol. The highest BCUT2D eigenvalue weighted by Crippen LogP contribution is 2.34. The third-order valence-corrected chi connectivity index (χ3v) is 4.02. The molecule has 4 heteroatoms. The number of piperidine rings is 1. The molecule has 0 atom stereocenters. The molecule has 0 radical (unpaired) electrons. The highest BCUT2D eigenvalue weighted by molar-refractivity contribution is 6.32. The van der Waals surface area contributed by atoms with Crippen LogP contribution in [0.25, 0.3) is 11.0 Å². The molecule has 1 fully saturated rings. The van der Waals surface area contributed by atoms with Gasteiger partial charge < -0.3 is 9.88 Å². The number of H-pyrrole nitrogens is 1. The molecule has 3 nitrogen and oxygen atoms in total. The summed E-state index contributed by atoms with van der Waals surface area (Å²) in [4.78, 5) is 9.76. The van der Waals surface area contributed by atoms with Crippen LogP contribution in [0.15, 0.2) is 18.5 Å². The van der Waals surface area contributed by atoms with E-state index in [1.807, 2.05) is 6.07 Å². The molecule has 0 amide bonds. The number of nitrogens with one attached hydrogen (secondary N) is 1. The van der Waals surface area contributed by atoms with Gasteiger partial charge in [-0.3, -0.25) is 0 Å². The van der Waals surface area contributed by atoms with Crippen molar-refractivity contribution in [3.63, 3.8) is 0 Å². The van der Waals surface area contributed by atoms with Crippen molar-refractivity contribution in [3.05, 3.63) is 29.0 Å². The molecule has 0 spiro atoms. The molecule has 1 aliphatic rings. The van der Waals surface area contributed by atoms with Gasteiger partial charge in [0.25, 0.3) is 0 Å². The number of hydrogen-bond acceptors (Lipinski definition) is 2. The van der Waals surface area contributed by atoms with Crippen LogP contribution in [0.2, 0.25) is 5.02 Å². The Balaban J connectivity index is 1.96. The summed E-state index contributed by atoms with van der Waals surface area (Å²) in [6.45, 7) is 2.31. The van der Waals surface area contributed by atoms with Crippen LogP contribution in [0.1, 0.15) is 24.3 Å². The molecule has 1 saturated heterocycles. The minimum absolute atomic E-state index is 0.589. The van der Waals surface area contributed by atoms with Crippen LogP contribution < -0.4 is 0 Å². The van der Waals surface area contributed by atoms with Crippen LogP contribution >= 0.6 is 11.6 Å². The van der Waals surface area contributed by atoms with E-state index in [0.29, 0.717) is 5.92 Å². The molecule has 0 unspecified atom stereocenters. The van der Waals surface area contributed by atoms with Crippen LogP contribution in [0.5, 0.6) is 0 Å². The van der Waals surface area contributed by atoms with Crippen molar-refractivity contribution < 1.29 is 0 Å². The molecule has 0 aliphatic carbocycles. The van der Waals surface area contributed by atoms with Crippen LogP contribution in [0.3, 0.4) is 0 Å². The first kappa shape index (κ1) is 11.1. The predicted molar refractivity (Wildman–Crippen MR) is 70.6 cm³/mol. The van der Waals surface area contributed by atoms with Crippen molar-refractivity contribution in [1.29, 1.82) is 0 Å². The van der Waals surface area contributed by atoms with E-state index in [9.17, 15) is 0 Å². The Labute approximate surface area is 106 Å². The fraction of sp³-hybridized carbons (Fsp3) is 0.462. The summed E-state index contributed by atoms with van der Waals surface area (Å²) in [6, 6.07) is 4.14. The lowest BCUT2D eigenvalue weighted by molar-refractivity contribution is 0.255. The van der Waals surface area contributed by atoms with E-state index in [0.717, 1.165) is 29.1 Å². The Kier molecular flexibility index (Phi) is 2.81. The third-order valence-electron chi connectivity index (χ3n) is 3.70. The molecule has 3 rings (SSSR count). The first-order chi connectivity index (χ1) is 8.24. The minimum atomic E-state index is 0.589. The molecule has 90 valence electrons. The number of fused-ring (bicyclic) bond motifs is 1. The van der Waals surface area contributed by atoms with Crippen molar-refractivity contribution >= 4 is 22.6 Å². The maximum absolute atomic E-state index is 6.36. The van der Waals surface area contributed by atoms with Gasteiger partial charge in [-0.2, -0.15) is 0 Å². The van der Waals surface area contributed by atoms with Gasteiger partial charge in [-0.15, -0.1) is 0 Å². The van der Waals surface area contributed by atoms with Gasteiger partial charge in [0.2, 0.25) is 0 Å². The highest BCUT2D eigenvalue weighted by atomic mass is 35.5. The largest absolute Gasteiger partial charge is 0.345 e. The van der Waals surface area contributed by atoms with E-state index in [1.165, 1.54) is 18.4 Å². The molecule has 1 aliphatic heterocycles. The quantitative estimate of drug-likeness (QED) is 0.843. The van der Waals surface area contributed by atoms with Gasteiger partial charge in [0.1, 0.15) is 0 Å². The standard InChI is InChI=1S/C13H16ClN3/c1-17-4-2-9(3-5-17)10-6-12-13(7-11(10)14)16-8-15-12/h6-9H,2-5H2,1H3,(H,15,16). The maximum atomic E-state index is 6.36. The molecule has 0 saturated carbocycles. The Morgan fingerprint density at radius 2 is 2.12 bits per heavy atom. The number of benzene rings is 1. The summed E-state index contributed by atoms with van der Waals surface area (Å²) < 4.78 is 0. The average Bonchev–Trinajstić information content (AvgIpc) is 2.76. The van der Waals surface area contributed by atoms with E-state index in [4.69, 9.17) is 11.6 Å². The predicted octanol–water partition coefficient (Wildman–Crippen LogP) is 3.03. The number of rotatable bonds is 1. The van der Waals surface area contributed by atoms with Crippen molar-refractivity contribution in [2.75, 3.05) is 20.1 Å². The second-order valence-electron chi connectivity index (χ2n) is 4.87. The lowest BCUT2D eigenvalue weighted by Crippen LogP contribution is -2.29. The topological polar surface area (TPSA) is 31.9 Å². The number of nitrogens with zero attached hydrogens (tertiary/aromatic N) is 2. The second-order valence-corrected chi connectivity index (χ2v) is 5.28. The van der Waals surface area contributed by atoms with Crippen LogP contribution in [0.4, 0.5) is 0 Å². The van der Waals surface area contributed by atoms with Gasteiger partial charge in [0, 0.05) is 5.02 Å². The number of likely N-dealkylation sites (tertiary alicyclic amines) is 1. The lowest BCUT2D eigenvalue weighted by Gasteiger charge is -2.29. The van der Waals surface area contributed by atoms with E-state index in [2.05, 4.69) is 28.0 Å². The van der Waals surface area contributed by atoms with Gasteiger partial charge in [0.15, 0.2) is 0 Å². The van der Waals surface area contributed by atoms with Gasteiger partial charge in [0.05, 0.1) is 17.4 Å². The first-order valence-electron chi connectivity index (χ1n) is 6.05. The second kappa shape index (κ2) is 4.31. The monoisotopic (exact) mass is 249 g/mol. The number of halogens is 1. The Morgan fingerprint density at radius 3 is 2.88 bits per heavy atom. The molecule has 2 heterocycles. The lowest BCUT2D eigenvalue weighted by atomic mass is 9.89. The van der Waals surface area contributed by atoms with E-state index >= 15 is 0 Å². The van der Waals surface area contributed by atoms with Crippen molar-refractivity contribution in [1.82, 2.24) is 14.9 Å². The number of aromatic nitrogens is 2. The number of aromatic amines is 1. The minimum Gasteiger partial charge on any atom is -0.345 e. The zero-order valence-corrected chi connectivity index (χ0v) is 10.7. The number of imidazole rings is 1. The summed E-state index contributed by atoms with van der Waals surface area (Å²) in [7, 11) is 2.18. The van der Waals surface area contributed by atoms with E-state index < -0.39 is 0 Å². The fourth-order valence-electron chi connectivity index (χ4n) is 2.61. The summed E-state index contributed by atoms with van der Waals surface area (Å²) >= 11 is 6.36. The van der Waals surface area contributed by atoms with Gasteiger partial charge in [-0.25, -0.2) is 4.98 Å². The van der Waals surface area contributed by atoms with E-state index in [-0.39, 0.29) is 0 Å². The van der Waals surface area contributed by atoms with Crippen molar-refractivity contribution in [3.8, 4) is 0 Å². The molecule has 0 bridgehead atoms. The summed E-state index contributed by atoms with van der Waals surface area (Å²) in [6.07, 6.45) is 4.10. The van der Waals surface area contributed by atoms with Crippen LogP contribution in [0, 0.1) is 0 Å². The van der Waals surface area contributed by atoms with Crippen LogP contribution in [-0.2, 0) is 0 Å². The number of hydrogen-bond donors (Lipinski definition) is 1. The summed E-state index contributed by atoms with van der Waals surface area (Å²) in [5, 5.41) is 0.860. The highest BCUT2D eigenvalue weighted by Gasteiger charge is 2.21. The normalized spacial score (nSPS) is 18.9. The zero-order valence-electron chi connectivity index (χ0n) is 9.91. The smallest absolute Gasteiger partial charge is 0.0931 e. The SMILES string of the molecule is CN1CCC(c2cc3[nH]cnc3cc2Cl)CC1. The van der Waals surface area contributed by atoms with Crippen LogP contribution in [-0.4, -0.2) is 35.0 Å². The maximum Gasteiger partial charge on any atom is 0.0931 e. The van der Waals surface area contributed by atoms with Gasteiger partial charge in [-0.1, -0.05) is 11.6 Å². The average molecular weight is 250 g/mol. The van der Waals surface area contributed by atoms with E-state index in [1.54, 1.807) is 6.33 Å². The first-order valence-corrected chi connectivity index (χ1v) is 6.43.